The van der Waals surface area contributed by atoms with Crippen molar-refractivity contribution in [2.75, 3.05) is 24.9 Å². The van der Waals surface area contributed by atoms with Gasteiger partial charge in [-0.15, -0.1) is 22.7 Å². The number of unbranched alkanes of at least 4 members (excludes halogenated alkanes) is 1. The van der Waals surface area contributed by atoms with Gasteiger partial charge in [0.2, 0.25) is 11.8 Å². The van der Waals surface area contributed by atoms with Crippen LogP contribution in [0.2, 0.25) is 0 Å². The summed E-state index contributed by atoms with van der Waals surface area (Å²) in [5.74, 6) is -0.105. The molecule has 0 saturated carbocycles. The molecule has 2 heterocycles. The van der Waals surface area contributed by atoms with Crippen LogP contribution in [0.15, 0.2) is 0 Å². The van der Waals surface area contributed by atoms with Crippen molar-refractivity contribution in [2.45, 2.75) is 78.1 Å². The molecular formula is C28H36N2O6S2. The van der Waals surface area contributed by atoms with Crippen molar-refractivity contribution in [3.8, 4) is 0 Å². The molecule has 10 heteroatoms. The molecule has 206 valence electrons. The minimum absolute atomic E-state index is 0.185. The zero-order chi connectivity index (χ0) is 27.4. The van der Waals surface area contributed by atoms with E-state index in [9.17, 15) is 19.2 Å². The third-order valence-electron chi connectivity index (χ3n) is 7.37. The van der Waals surface area contributed by atoms with E-state index in [4.69, 9.17) is 9.47 Å². The second-order valence-electron chi connectivity index (χ2n) is 10.4. The quantitative estimate of drug-likeness (QED) is 0.298. The summed E-state index contributed by atoms with van der Waals surface area (Å²) in [4.78, 5) is 52.5. The fraction of sp³-hybridized carbons (Fsp3) is 0.571. The van der Waals surface area contributed by atoms with Crippen molar-refractivity contribution in [3.05, 3.63) is 32.0 Å². The molecule has 2 amide bonds. The van der Waals surface area contributed by atoms with Gasteiger partial charge in [0.1, 0.15) is 10.0 Å². The van der Waals surface area contributed by atoms with Gasteiger partial charge in [-0.05, 0) is 74.3 Å². The molecule has 2 aliphatic rings. The largest absolute Gasteiger partial charge is 0.465 e. The van der Waals surface area contributed by atoms with Crippen LogP contribution < -0.4 is 10.6 Å². The Kier molecular flexibility index (Phi) is 9.25. The fourth-order valence-corrected chi connectivity index (χ4v) is 8.09. The van der Waals surface area contributed by atoms with E-state index >= 15 is 0 Å². The van der Waals surface area contributed by atoms with E-state index in [0.717, 1.165) is 59.4 Å². The highest BCUT2D eigenvalue weighted by Crippen LogP contribution is 2.41. The van der Waals surface area contributed by atoms with Gasteiger partial charge in [0.15, 0.2) is 0 Å². The normalized spacial score (nSPS) is 18.2. The first-order chi connectivity index (χ1) is 18.2. The monoisotopic (exact) mass is 560 g/mol. The van der Waals surface area contributed by atoms with Gasteiger partial charge in [0.25, 0.3) is 0 Å². The second-order valence-corrected chi connectivity index (χ2v) is 12.6. The maximum Gasteiger partial charge on any atom is 0.341 e. The van der Waals surface area contributed by atoms with Crippen LogP contribution in [-0.4, -0.2) is 38.0 Å². The number of carbonyl (C=O) groups is 4. The van der Waals surface area contributed by atoms with Crippen molar-refractivity contribution in [3.63, 3.8) is 0 Å². The summed E-state index contributed by atoms with van der Waals surface area (Å²) in [6, 6.07) is 0. The third-order valence-corrected chi connectivity index (χ3v) is 9.71. The van der Waals surface area contributed by atoms with Crippen LogP contribution >= 0.6 is 22.7 Å². The number of esters is 2. The number of thiophene rings is 2. The Labute approximate surface area is 231 Å². The van der Waals surface area contributed by atoms with E-state index < -0.39 is 11.9 Å². The highest BCUT2D eigenvalue weighted by atomic mass is 32.1. The lowest BCUT2D eigenvalue weighted by molar-refractivity contribution is -0.118. The number of methoxy groups -OCH3 is 2. The first-order valence-electron chi connectivity index (χ1n) is 13.3. The van der Waals surface area contributed by atoms with Crippen molar-refractivity contribution < 1.29 is 28.7 Å². The lowest BCUT2D eigenvalue weighted by atomic mass is 9.88. The summed E-state index contributed by atoms with van der Waals surface area (Å²) in [6.45, 7) is 4.39. The van der Waals surface area contributed by atoms with Gasteiger partial charge in [0.05, 0.1) is 25.3 Å². The molecule has 2 aliphatic carbocycles. The number of ether oxygens (including phenoxy) is 2. The van der Waals surface area contributed by atoms with E-state index in [-0.39, 0.29) is 24.7 Å². The minimum atomic E-state index is -0.417. The van der Waals surface area contributed by atoms with Gasteiger partial charge in [-0.3, -0.25) is 9.59 Å². The van der Waals surface area contributed by atoms with Crippen LogP contribution in [0.3, 0.4) is 0 Å². The average Bonchev–Trinajstić information content (AvgIpc) is 3.41. The molecule has 0 radical (unpaired) electrons. The molecule has 0 aromatic carbocycles. The Morgan fingerprint density at radius 2 is 1.13 bits per heavy atom. The molecule has 2 unspecified atom stereocenters. The number of fused-ring (bicyclic) bond motifs is 2. The zero-order valence-corrected chi connectivity index (χ0v) is 24.1. The molecule has 2 atom stereocenters. The summed E-state index contributed by atoms with van der Waals surface area (Å²) in [5, 5.41) is 6.94. The summed E-state index contributed by atoms with van der Waals surface area (Å²) in [5.41, 5.74) is 2.98. The van der Waals surface area contributed by atoms with E-state index in [1.807, 2.05) is 0 Å². The molecule has 2 N–H and O–H groups in total. The minimum Gasteiger partial charge on any atom is -0.465 e. The van der Waals surface area contributed by atoms with Crippen LogP contribution in [-0.2, 0) is 44.7 Å². The lowest BCUT2D eigenvalue weighted by Crippen LogP contribution is -2.16. The molecule has 4 rings (SSSR count). The molecule has 0 fully saturated rings. The predicted octanol–water partition coefficient (Wildman–Crippen LogP) is 5.77. The fourth-order valence-electron chi connectivity index (χ4n) is 5.26. The van der Waals surface area contributed by atoms with Gasteiger partial charge >= 0.3 is 11.9 Å². The van der Waals surface area contributed by atoms with Crippen molar-refractivity contribution in [1.29, 1.82) is 0 Å². The Morgan fingerprint density at radius 1 is 0.737 bits per heavy atom. The highest BCUT2D eigenvalue weighted by Gasteiger charge is 2.30. The lowest BCUT2D eigenvalue weighted by Gasteiger charge is -2.18. The van der Waals surface area contributed by atoms with Crippen molar-refractivity contribution >= 4 is 56.4 Å². The number of hydrogen-bond acceptors (Lipinski definition) is 8. The molecular weight excluding hydrogens is 524 g/mol. The molecule has 0 aliphatic heterocycles. The van der Waals surface area contributed by atoms with Crippen molar-refractivity contribution in [2.24, 2.45) is 11.8 Å². The van der Waals surface area contributed by atoms with Crippen LogP contribution in [0, 0.1) is 11.8 Å². The summed E-state index contributed by atoms with van der Waals surface area (Å²) in [7, 11) is 2.71. The number of rotatable bonds is 9. The summed E-state index contributed by atoms with van der Waals surface area (Å²) < 4.78 is 9.98. The number of hydrogen-bond donors (Lipinski definition) is 2. The van der Waals surface area contributed by atoms with Crippen LogP contribution in [0.25, 0.3) is 0 Å². The molecule has 38 heavy (non-hydrogen) atoms. The summed E-state index contributed by atoms with van der Waals surface area (Å²) in [6.07, 6.45) is 6.98. The maximum absolute atomic E-state index is 12.7. The number of anilines is 2. The Morgan fingerprint density at radius 3 is 1.50 bits per heavy atom. The Hall–Kier alpha value is -2.72. The predicted molar refractivity (Wildman–Crippen MR) is 149 cm³/mol. The first-order valence-corrected chi connectivity index (χ1v) is 14.9. The van der Waals surface area contributed by atoms with Gasteiger partial charge in [-0.25, -0.2) is 9.59 Å². The standard InChI is InChI=1S/C28H36N2O6S2/c1-15-9-11-17-19(13-15)37-25(23(17)27(33)35-3)29-21(31)7-5-6-8-22(32)30-26-24(28(34)36-4)18-12-10-16(2)14-20(18)38-26/h15-16H,5-14H2,1-4H3,(H,29,31)(H,30,32). The third kappa shape index (κ3) is 6.29. The van der Waals surface area contributed by atoms with Crippen molar-refractivity contribution in [1.82, 2.24) is 0 Å². The average molecular weight is 561 g/mol. The topological polar surface area (TPSA) is 111 Å². The number of nitrogens with one attached hydrogen (secondary N) is 2. The van der Waals surface area contributed by atoms with Crippen LogP contribution in [0.5, 0.6) is 0 Å². The molecule has 2 aromatic rings. The molecule has 0 saturated heterocycles. The van der Waals surface area contributed by atoms with Gasteiger partial charge in [0, 0.05) is 22.6 Å². The highest BCUT2D eigenvalue weighted by molar-refractivity contribution is 7.17. The van der Waals surface area contributed by atoms with E-state index in [0.29, 0.717) is 45.8 Å². The van der Waals surface area contributed by atoms with Gasteiger partial charge in [-0.2, -0.15) is 0 Å². The van der Waals surface area contributed by atoms with Gasteiger partial charge < -0.3 is 20.1 Å². The van der Waals surface area contributed by atoms with E-state index in [1.165, 1.54) is 36.9 Å². The second kappa shape index (κ2) is 12.4. The SMILES string of the molecule is COC(=O)c1c(NC(=O)CCCCC(=O)Nc2sc3c(c2C(=O)OC)CCC(C)C3)sc2c1CCC(C)C2. The number of carbonyl (C=O) groups excluding carboxylic acids is 4. The maximum atomic E-state index is 12.7. The molecule has 0 bridgehead atoms. The molecule has 2 aromatic heterocycles. The molecule has 8 nitrogen and oxygen atoms in total. The Balaban J connectivity index is 1.30. The van der Waals surface area contributed by atoms with Gasteiger partial charge in [-0.1, -0.05) is 13.8 Å². The van der Waals surface area contributed by atoms with Crippen LogP contribution in [0.4, 0.5) is 10.0 Å². The Bertz CT molecular complexity index is 1140. The first kappa shape index (κ1) is 28.3. The van der Waals surface area contributed by atoms with E-state index in [1.54, 1.807) is 0 Å². The molecule has 0 spiro atoms. The number of amides is 2. The van der Waals surface area contributed by atoms with Crippen LogP contribution in [0.1, 0.15) is 94.0 Å². The zero-order valence-electron chi connectivity index (χ0n) is 22.5. The smallest absolute Gasteiger partial charge is 0.341 e. The summed E-state index contributed by atoms with van der Waals surface area (Å²) >= 11 is 2.93. The van der Waals surface area contributed by atoms with E-state index in [2.05, 4.69) is 24.5 Å².